The van der Waals surface area contributed by atoms with Crippen LogP contribution in [0.4, 0.5) is 5.69 Å². The molecule has 0 spiro atoms. The molecule has 5 heteroatoms. The predicted octanol–water partition coefficient (Wildman–Crippen LogP) is 2.91. The lowest BCUT2D eigenvalue weighted by Crippen LogP contribution is -2.43. The first-order valence-electron chi connectivity index (χ1n) is 8.71. The summed E-state index contributed by atoms with van der Waals surface area (Å²) in [5.74, 6) is 0.878. The van der Waals surface area contributed by atoms with E-state index in [0.29, 0.717) is 32.0 Å². The van der Waals surface area contributed by atoms with Crippen LogP contribution in [0, 0.1) is 12.8 Å². The maximum absolute atomic E-state index is 12.6. The number of pyridine rings is 1. The van der Waals surface area contributed by atoms with Gasteiger partial charge in [0.2, 0.25) is 5.91 Å². The summed E-state index contributed by atoms with van der Waals surface area (Å²) in [6.07, 6.45) is 5.57. The molecule has 3 rings (SSSR count). The molecule has 0 aromatic carbocycles. The van der Waals surface area contributed by atoms with Gasteiger partial charge in [-0.25, -0.2) is 0 Å². The van der Waals surface area contributed by atoms with Gasteiger partial charge in [0.1, 0.15) is 6.10 Å². The van der Waals surface area contributed by atoms with Gasteiger partial charge in [-0.05, 0) is 37.8 Å². The minimum atomic E-state index is -0.122. The third-order valence-electron chi connectivity index (χ3n) is 4.95. The fraction of sp³-hybridized carbons (Fsp3) is 0.667. The number of nitrogens with one attached hydrogen (secondary N) is 1. The highest BCUT2D eigenvalue weighted by Gasteiger charge is 2.28. The normalized spacial score (nSPS) is 22.3. The number of anilines is 1. The predicted molar refractivity (Wildman–Crippen MR) is 90.4 cm³/mol. The first kappa shape index (κ1) is 16.2. The number of hydrogen-bond acceptors (Lipinski definition) is 4. The largest absolute Gasteiger partial charge is 0.388 e. The van der Waals surface area contributed by atoms with E-state index in [1.165, 1.54) is 25.7 Å². The van der Waals surface area contributed by atoms with Crippen LogP contribution in [0.2, 0.25) is 0 Å². The maximum Gasteiger partial charge on any atom is 0.223 e. The van der Waals surface area contributed by atoms with Crippen LogP contribution in [0.3, 0.4) is 0 Å². The summed E-state index contributed by atoms with van der Waals surface area (Å²) in [5.41, 5.74) is 2.91. The number of nitrogens with zero attached hydrogens (tertiary/aromatic N) is 2. The van der Waals surface area contributed by atoms with E-state index in [-0.39, 0.29) is 12.0 Å². The quantitative estimate of drug-likeness (QED) is 0.928. The monoisotopic (exact) mass is 317 g/mol. The molecule has 1 aromatic heterocycles. The smallest absolute Gasteiger partial charge is 0.223 e. The highest BCUT2D eigenvalue weighted by molar-refractivity contribution is 5.76. The van der Waals surface area contributed by atoms with Crippen molar-refractivity contribution >= 4 is 11.6 Å². The Morgan fingerprint density at radius 3 is 2.91 bits per heavy atom. The van der Waals surface area contributed by atoms with Crippen molar-refractivity contribution < 1.29 is 9.53 Å². The molecule has 1 saturated heterocycles. The molecule has 2 fully saturated rings. The SMILES string of the molecule is CNc1cc(C)nc(C2CN(C(=O)CC3CCCC3)CCO2)c1. The number of carbonyl (C=O) groups is 1. The average molecular weight is 317 g/mol. The first-order valence-corrected chi connectivity index (χ1v) is 8.71. The number of aromatic nitrogens is 1. The summed E-state index contributed by atoms with van der Waals surface area (Å²) >= 11 is 0. The second kappa shape index (κ2) is 7.30. The molecule has 1 aliphatic heterocycles. The Labute approximate surface area is 138 Å². The van der Waals surface area contributed by atoms with Gasteiger partial charge in [-0.15, -0.1) is 0 Å². The van der Waals surface area contributed by atoms with Crippen LogP contribution in [0.5, 0.6) is 0 Å². The Morgan fingerprint density at radius 1 is 1.39 bits per heavy atom. The maximum atomic E-state index is 12.6. The van der Waals surface area contributed by atoms with Gasteiger partial charge >= 0.3 is 0 Å². The molecule has 0 bridgehead atoms. The van der Waals surface area contributed by atoms with E-state index in [1.54, 1.807) is 0 Å². The number of morpholine rings is 1. The highest BCUT2D eigenvalue weighted by atomic mass is 16.5. The molecular formula is C18H27N3O2. The number of carbonyl (C=O) groups excluding carboxylic acids is 1. The summed E-state index contributed by atoms with van der Waals surface area (Å²) in [4.78, 5) is 19.1. The zero-order valence-electron chi connectivity index (χ0n) is 14.2. The van der Waals surface area contributed by atoms with Crippen LogP contribution in [-0.2, 0) is 9.53 Å². The van der Waals surface area contributed by atoms with Crippen molar-refractivity contribution in [1.29, 1.82) is 0 Å². The highest BCUT2D eigenvalue weighted by Crippen LogP contribution is 2.29. The van der Waals surface area contributed by atoms with E-state index in [1.807, 2.05) is 31.0 Å². The molecule has 2 heterocycles. The van der Waals surface area contributed by atoms with E-state index >= 15 is 0 Å². The molecule has 2 aliphatic rings. The molecule has 1 aliphatic carbocycles. The Balaban J connectivity index is 1.65. The van der Waals surface area contributed by atoms with E-state index < -0.39 is 0 Å². The lowest BCUT2D eigenvalue weighted by atomic mass is 10.0. The van der Waals surface area contributed by atoms with Crippen molar-refractivity contribution in [2.24, 2.45) is 5.92 Å². The zero-order chi connectivity index (χ0) is 16.2. The number of hydrogen-bond donors (Lipinski definition) is 1. The van der Waals surface area contributed by atoms with Crippen molar-refractivity contribution in [3.05, 3.63) is 23.5 Å². The first-order chi connectivity index (χ1) is 11.2. The van der Waals surface area contributed by atoms with Gasteiger partial charge in [-0.1, -0.05) is 12.8 Å². The minimum absolute atomic E-state index is 0.122. The van der Waals surface area contributed by atoms with Gasteiger partial charge in [-0.2, -0.15) is 0 Å². The van der Waals surface area contributed by atoms with E-state index in [2.05, 4.69) is 10.3 Å². The third kappa shape index (κ3) is 4.02. The third-order valence-corrected chi connectivity index (χ3v) is 4.95. The number of aryl methyl sites for hydroxylation is 1. The second-order valence-electron chi connectivity index (χ2n) is 6.73. The van der Waals surface area contributed by atoms with Gasteiger partial charge in [0.05, 0.1) is 18.8 Å². The van der Waals surface area contributed by atoms with Gasteiger partial charge in [-0.3, -0.25) is 9.78 Å². The van der Waals surface area contributed by atoms with E-state index in [0.717, 1.165) is 17.1 Å². The molecule has 1 amide bonds. The summed E-state index contributed by atoms with van der Waals surface area (Å²) in [6.45, 7) is 3.89. The van der Waals surface area contributed by atoms with Crippen molar-refractivity contribution in [3.63, 3.8) is 0 Å². The summed E-state index contributed by atoms with van der Waals surface area (Å²) in [7, 11) is 1.90. The molecule has 5 nitrogen and oxygen atoms in total. The van der Waals surface area contributed by atoms with Crippen molar-refractivity contribution in [3.8, 4) is 0 Å². The van der Waals surface area contributed by atoms with Crippen LogP contribution in [0.25, 0.3) is 0 Å². The lowest BCUT2D eigenvalue weighted by Gasteiger charge is -2.33. The van der Waals surface area contributed by atoms with Crippen LogP contribution >= 0.6 is 0 Å². The molecule has 1 aromatic rings. The van der Waals surface area contributed by atoms with Gasteiger partial charge < -0.3 is 15.0 Å². The second-order valence-corrected chi connectivity index (χ2v) is 6.73. The molecular weight excluding hydrogens is 290 g/mol. The molecule has 1 unspecified atom stereocenters. The van der Waals surface area contributed by atoms with Crippen molar-refractivity contribution in [2.75, 3.05) is 32.1 Å². The van der Waals surface area contributed by atoms with Crippen LogP contribution < -0.4 is 5.32 Å². The van der Waals surface area contributed by atoms with Gasteiger partial charge in [0.15, 0.2) is 0 Å². The van der Waals surface area contributed by atoms with Gasteiger partial charge in [0.25, 0.3) is 0 Å². The molecule has 1 saturated carbocycles. The Bertz CT molecular complexity index is 555. The fourth-order valence-electron chi connectivity index (χ4n) is 3.65. The fourth-order valence-corrected chi connectivity index (χ4v) is 3.65. The topological polar surface area (TPSA) is 54.5 Å². The lowest BCUT2D eigenvalue weighted by molar-refractivity contribution is -0.140. The van der Waals surface area contributed by atoms with Crippen LogP contribution in [-0.4, -0.2) is 42.5 Å². The van der Waals surface area contributed by atoms with E-state index in [9.17, 15) is 4.79 Å². The molecule has 1 N–H and O–H groups in total. The molecule has 23 heavy (non-hydrogen) atoms. The number of amides is 1. The number of rotatable bonds is 4. The van der Waals surface area contributed by atoms with E-state index in [4.69, 9.17) is 4.74 Å². The standard InChI is InChI=1S/C18H27N3O2/c1-13-9-15(19-2)11-16(20-13)17-12-21(7-8-23-17)18(22)10-14-5-3-4-6-14/h9,11,14,17H,3-8,10,12H2,1-2H3,(H,19,20). The molecule has 126 valence electrons. The summed E-state index contributed by atoms with van der Waals surface area (Å²) in [5, 5.41) is 3.15. The van der Waals surface area contributed by atoms with Crippen molar-refractivity contribution in [2.45, 2.75) is 45.1 Å². The van der Waals surface area contributed by atoms with Crippen molar-refractivity contribution in [1.82, 2.24) is 9.88 Å². The summed E-state index contributed by atoms with van der Waals surface area (Å²) < 4.78 is 5.88. The average Bonchev–Trinajstić information content (AvgIpc) is 3.07. The van der Waals surface area contributed by atoms with Crippen LogP contribution in [0.15, 0.2) is 12.1 Å². The Morgan fingerprint density at radius 2 is 2.17 bits per heavy atom. The Hall–Kier alpha value is -1.62. The molecule has 1 atom stereocenters. The molecule has 0 radical (unpaired) electrons. The van der Waals surface area contributed by atoms with Gasteiger partial charge in [0, 0.05) is 31.4 Å². The minimum Gasteiger partial charge on any atom is -0.388 e. The number of ether oxygens (including phenoxy) is 1. The Kier molecular flexibility index (Phi) is 5.16. The zero-order valence-corrected chi connectivity index (χ0v) is 14.2. The summed E-state index contributed by atoms with van der Waals surface area (Å²) in [6, 6.07) is 4.03. The van der Waals surface area contributed by atoms with Crippen LogP contribution in [0.1, 0.15) is 49.6 Å².